The molecule has 3 atom stereocenters. The Balaban J connectivity index is 2.26. The fraction of sp³-hybridized carbons (Fsp3) is 0.647. The van der Waals surface area contributed by atoms with E-state index in [2.05, 4.69) is 20.8 Å². The minimum absolute atomic E-state index is 0.355. The van der Waals surface area contributed by atoms with Crippen molar-refractivity contribution < 1.29 is 8.78 Å². The van der Waals surface area contributed by atoms with Gasteiger partial charge >= 0.3 is 0 Å². The first kappa shape index (κ1) is 15.4. The Bertz CT molecular complexity index is 452. The van der Waals surface area contributed by atoms with Crippen LogP contribution in [0.4, 0.5) is 8.78 Å². The van der Waals surface area contributed by atoms with Gasteiger partial charge in [-0.25, -0.2) is 8.78 Å². The molecule has 2 N–H and O–H groups in total. The lowest BCUT2D eigenvalue weighted by Gasteiger charge is -2.46. The van der Waals surface area contributed by atoms with Gasteiger partial charge in [-0.15, -0.1) is 0 Å². The zero-order chi connectivity index (χ0) is 14.9. The highest BCUT2D eigenvalue weighted by Crippen LogP contribution is 2.41. The first-order valence-corrected chi connectivity index (χ1v) is 7.54. The molecule has 1 fully saturated rings. The molecular weight excluding hydrogens is 256 g/mol. The molecule has 1 saturated carbocycles. The highest BCUT2D eigenvalue weighted by molar-refractivity contribution is 5.21. The second-order valence-corrected chi connectivity index (χ2v) is 6.92. The summed E-state index contributed by atoms with van der Waals surface area (Å²) >= 11 is 0. The van der Waals surface area contributed by atoms with Crippen LogP contribution in [0.15, 0.2) is 18.2 Å². The summed E-state index contributed by atoms with van der Waals surface area (Å²) in [7, 11) is 0. The van der Waals surface area contributed by atoms with Crippen molar-refractivity contribution >= 4 is 0 Å². The SMILES string of the molecule is CC1CCC(C(C)C)C(N)(Cc2cc(F)cc(F)c2)C1. The molecule has 20 heavy (non-hydrogen) atoms. The van der Waals surface area contributed by atoms with Gasteiger partial charge in [0.2, 0.25) is 0 Å². The average molecular weight is 281 g/mol. The maximum Gasteiger partial charge on any atom is 0.126 e. The van der Waals surface area contributed by atoms with Crippen LogP contribution in [-0.2, 0) is 6.42 Å². The highest BCUT2D eigenvalue weighted by Gasteiger charge is 2.41. The van der Waals surface area contributed by atoms with Gasteiger partial charge in [0.15, 0.2) is 0 Å². The van der Waals surface area contributed by atoms with Crippen LogP contribution in [0.25, 0.3) is 0 Å². The minimum atomic E-state index is -0.520. The molecule has 3 heteroatoms. The molecule has 0 aromatic heterocycles. The fourth-order valence-electron chi connectivity index (χ4n) is 3.95. The summed E-state index contributed by atoms with van der Waals surface area (Å²) in [5.74, 6) is 0.437. The molecule has 112 valence electrons. The normalized spacial score (nSPS) is 30.8. The van der Waals surface area contributed by atoms with Crippen molar-refractivity contribution in [3.05, 3.63) is 35.4 Å². The first-order valence-electron chi connectivity index (χ1n) is 7.54. The Morgan fingerprint density at radius 1 is 1.20 bits per heavy atom. The van der Waals surface area contributed by atoms with Crippen LogP contribution in [0.1, 0.15) is 45.6 Å². The Kier molecular flexibility index (Phi) is 4.48. The summed E-state index contributed by atoms with van der Waals surface area (Å²) in [6, 6.07) is 3.73. The van der Waals surface area contributed by atoms with Crippen LogP contribution in [0.3, 0.4) is 0 Å². The molecule has 2 rings (SSSR count). The van der Waals surface area contributed by atoms with E-state index >= 15 is 0 Å². The maximum atomic E-state index is 13.4. The summed E-state index contributed by atoms with van der Waals surface area (Å²) in [5.41, 5.74) is 7.00. The third-order valence-corrected chi connectivity index (χ3v) is 4.70. The van der Waals surface area contributed by atoms with Crippen molar-refractivity contribution in [1.29, 1.82) is 0 Å². The fourth-order valence-corrected chi connectivity index (χ4v) is 3.95. The minimum Gasteiger partial charge on any atom is -0.325 e. The van der Waals surface area contributed by atoms with Gasteiger partial charge in [0.1, 0.15) is 11.6 Å². The van der Waals surface area contributed by atoms with E-state index in [1.165, 1.54) is 18.6 Å². The molecule has 1 aromatic carbocycles. The van der Waals surface area contributed by atoms with E-state index < -0.39 is 11.6 Å². The number of hydrogen-bond acceptors (Lipinski definition) is 1. The number of halogens is 2. The predicted octanol–water partition coefficient (Wildman–Crippen LogP) is 4.30. The van der Waals surface area contributed by atoms with Gasteiger partial charge in [-0.05, 0) is 54.7 Å². The molecule has 0 amide bonds. The molecule has 3 unspecified atom stereocenters. The summed E-state index contributed by atoms with van der Waals surface area (Å²) in [5, 5.41) is 0. The van der Waals surface area contributed by atoms with Gasteiger partial charge in [0.25, 0.3) is 0 Å². The van der Waals surface area contributed by atoms with E-state index in [1.54, 1.807) is 0 Å². The molecule has 1 aliphatic carbocycles. The Morgan fingerprint density at radius 3 is 2.35 bits per heavy atom. The molecule has 0 spiro atoms. The lowest BCUT2D eigenvalue weighted by Crippen LogP contribution is -2.54. The van der Waals surface area contributed by atoms with E-state index in [-0.39, 0.29) is 5.54 Å². The largest absolute Gasteiger partial charge is 0.325 e. The van der Waals surface area contributed by atoms with Gasteiger partial charge in [0, 0.05) is 11.6 Å². The predicted molar refractivity (Wildman–Crippen MR) is 78.3 cm³/mol. The van der Waals surface area contributed by atoms with Crippen LogP contribution in [0.2, 0.25) is 0 Å². The quantitative estimate of drug-likeness (QED) is 0.878. The van der Waals surface area contributed by atoms with Crippen LogP contribution in [0, 0.1) is 29.4 Å². The Labute approximate surface area is 120 Å². The molecule has 1 aliphatic rings. The topological polar surface area (TPSA) is 26.0 Å². The lowest BCUT2D eigenvalue weighted by atomic mass is 9.63. The van der Waals surface area contributed by atoms with Crippen molar-refractivity contribution in [3.63, 3.8) is 0 Å². The molecule has 0 saturated heterocycles. The van der Waals surface area contributed by atoms with Crippen LogP contribution >= 0.6 is 0 Å². The molecule has 1 nitrogen and oxygen atoms in total. The average Bonchev–Trinajstić information content (AvgIpc) is 2.25. The monoisotopic (exact) mass is 281 g/mol. The molecule has 0 aliphatic heterocycles. The third kappa shape index (κ3) is 3.38. The summed E-state index contributed by atoms with van der Waals surface area (Å²) in [6.45, 7) is 6.59. The molecule has 0 heterocycles. The van der Waals surface area contributed by atoms with Crippen molar-refractivity contribution in [2.24, 2.45) is 23.5 Å². The van der Waals surface area contributed by atoms with Crippen molar-refractivity contribution in [2.75, 3.05) is 0 Å². The molecule has 0 bridgehead atoms. The van der Waals surface area contributed by atoms with Crippen molar-refractivity contribution in [2.45, 2.75) is 52.0 Å². The van der Waals surface area contributed by atoms with E-state index in [0.717, 1.165) is 18.9 Å². The second kappa shape index (κ2) is 5.80. The molecular formula is C17H25F2N. The van der Waals surface area contributed by atoms with Crippen LogP contribution in [0.5, 0.6) is 0 Å². The second-order valence-electron chi connectivity index (χ2n) is 6.92. The summed E-state index contributed by atoms with van der Waals surface area (Å²) in [4.78, 5) is 0. The van der Waals surface area contributed by atoms with Gasteiger partial charge in [-0.2, -0.15) is 0 Å². The van der Waals surface area contributed by atoms with Crippen molar-refractivity contribution in [1.82, 2.24) is 0 Å². The highest BCUT2D eigenvalue weighted by atomic mass is 19.1. The third-order valence-electron chi connectivity index (χ3n) is 4.70. The first-order chi connectivity index (χ1) is 9.30. The zero-order valence-corrected chi connectivity index (χ0v) is 12.6. The summed E-state index contributed by atoms with van der Waals surface area (Å²) in [6.07, 6.45) is 3.77. The van der Waals surface area contributed by atoms with E-state index in [9.17, 15) is 8.78 Å². The number of hydrogen-bond donors (Lipinski definition) is 1. The van der Waals surface area contributed by atoms with E-state index in [4.69, 9.17) is 5.73 Å². The van der Waals surface area contributed by atoms with E-state index in [1.807, 2.05) is 0 Å². The Morgan fingerprint density at radius 2 is 1.80 bits per heavy atom. The van der Waals surface area contributed by atoms with Gasteiger partial charge in [-0.3, -0.25) is 0 Å². The van der Waals surface area contributed by atoms with Crippen molar-refractivity contribution in [3.8, 4) is 0 Å². The standard InChI is InChI=1S/C17H25F2N/c1-11(2)16-5-4-12(3)9-17(16,20)10-13-6-14(18)8-15(19)7-13/h6-8,11-12,16H,4-5,9-10,20H2,1-3H3. The van der Waals surface area contributed by atoms with Gasteiger partial charge in [0.05, 0.1) is 0 Å². The molecule has 1 aromatic rings. The zero-order valence-electron chi connectivity index (χ0n) is 12.6. The van der Waals surface area contributed by atoms with E-state index in [0.29, 0.717) is 29.7 Å². The number of benzene rings is 1. The van der Waals surface area contributed by atoms with Crippen LogP contribution in [-0.4, -0.2) is 5.54 Å². The lowest BCUT2D eigenvalue weighted by molar-refractivity contribution is 0.109. The maximum absolute atomic E-state index is 13.4. The summed E-state index contributed by atoms with van der Waals surface area (Å²) < 4.78 is 26.7. The van der Waals surface area contributed by atoms with Crippen LogP contribution < -0.4 is 5.73 Å². The Hall–Kier alpha value is -0.960. The van der Waals surface area contributed by atoms with Gasteiger partial charge in [-0.1, -0.05) is 27.2 Å². The molecule has 0 radical (unpaired) electrons. The smallest absolute Gasteiger partial charge is 0.126 e. The number of nitrogens with two attached hydrogens (primary N) is 1. The van der Waals surface area contributed by atoms with Gasteiger partial charge < -0.3 is 5.73 Å². The number of rotatable bonds is 3.